The third-order valence-corrected chi connectivity index (χ3v) is 4.25. The Hall–Kier alpha value is -1.92. The van der Waals surface area contributed by atoms with Gasteiger partial charge >= 0.3 is 0 Å². The van der Waals surface area contributed by atoms with Crippen molar-refractivity contribution in [3.63, 3.8) is 0 Å². The number of hydrogen-bond donors (Lipinski definition) is 2. The van der Waals surface area contributed by atoms with Crippen LogP contribution >= 0.6 is 24.0 Å². The Morgan fingerprint density at radius 2 is 1.80 bits per heavy atom. The Morgan fingerprint density at radius 3 is 2.52 bits per heavy atom. The van der Waals surface area contributed by atoms with Crippen LogP contribution in [0.15, 0.2) is 48.5 Å². The molecule has 0 aromatic heterocycles. The molecule has 0 fully saturated rings. The summed E-state index contributed by atoms with van der Waals surface area (Å²) < 4.78 is 11.4. The van der Waals surface area contributed by atoms with E-state index in [-0.39, 0.29) is 0 Å². The standard InChI is InChI=1S/C19H24N2O2S2/c1-3-22-15-9-11-16(12-10-15)23-18-8-5-4-7-17(18)21-19(24)20-13-6-14-25-2/h4-5,7-12H,3,6,13-14H2,1-2H3,(H2,20,21,24). The molecule has 0 unspecified atom stereocenters. The van der Waals surface area contributed by atoms with Crippen LogP contribution in [0.2, 0.25) is 0 Å². The van der Waals surface area contributed by atoms with Gasteiger partial charge in [-0.2, -0.15) is 11.8 Å². The van der Waals surface area contributed by atoms with E-state index in [9.17, 15) is 0 Å². The maximum absolute atomic E-state index is 5.98. The van der Waals surface area contributed by atoms with Crippen LogP contribution in [0.4, 0.5) is 5.69 Å². The largest absolute Gasteiger partial charge is 0.494 e. The van der Waals surface area contributed by atoms with E-state index in [1.54, 1.807) is 0 Å². The molecule has 4 nitrogen and oxygen atoms in total. The SMILES string of the molecule is CCOc1ccc(Oc2ccccc2NC(=S)NCCCSC)cc1. The molecule has 0 aliphatic heterocycles. The molecule has 6 heteroatoms. The van der Waals surface area contributed by atoms with Crippen molar-refractivity contribution < 1.29 is 9.47 Å². The number of thioether (sulfide) groups is 1. The molecule has 0 bridgehead atoms. The van der Waals surface area contributed by atoms with Gasteiger partial charge in [-0.05, 0) is 74.0 Å². The van der Waals surface area contributed by atoms with Crippen molar-refractivity contribution in [3.05, 3.63) is 48.5 Å². The summed E-state index contributed by atoms with van der Waals surface area (Å²) in [5.74, 6) is 3.42. The third kappa shape index (κ3) is 6.84. The molecule has 0 atom stereocenters. The fraction of sp³-hybridized carbons (Fsp3) is 0.316. The van der Waals surface area contributed by atoms with Gasteiger partial charge in [-0.3, -0.25) is 0 Å². The summed E-state index contributed by atoms with van der Waals surface area (Å²) in [6.07, 6.45) is 3.18. The van der Waals surface area contributed by atoms with E-state index < -0.39 is 0 Å². The van der Waals surface area contributed by atoms with E-state index in [1.807, 2.05) is 67.2 Å². The lowest BCUT2D eigenvalue weighted by atomic mass is 10.3. The van der Waals surface area contributed by atoms with Crippen LogP contribution in [0.25, 0.3) is 0 Å². The lowest BCUT2D eigenvalue weighted by Crippen LogP contribution is -2.29. The molecule has 134 valence electrons. The fourth-order valence-electron chi connectivity index (χ4n) is 2.14. The quantitative estimate of drug-likeness (QED) is 0.478. The zero-order chi connectivity index (χ0) is 17.9. The minimum atomic E-state index is 0.601. The molecule has 0 aliphatic carbocycles. The first-order chi connectivity index (χ1) is 12.2. The van der Waals surface area contributed by atoms with Crippen molar-refractivity contribution in [2.75, 3.05) is 30.5 Å². The number of hydrogen-bond acceptors (Lipinski definition) is 4. The van der Waals surface area contributed by atoms with E-state index in [4.69, 9.17) is 21.7 Å². The minimum absolute atomic E-state index is 0.601. The lowest BCUT2D eigenvalue weighted by molar-refractivity contribution is 0.339. The Bertz CT molecular complexity index is 663. The smallest absolute Gasteiger partial charge is 0.170 e. The minimum Gasteiger partial charge on any atom is -0.494 e. The Kier molecular flexibility index (Phi) is 8.42. The average molecular weight is 377 g/mol. The summed E-state index contributed by atoms with van der Waals surface area (Å²) in [7, 11) is 0. The summed E-state index contributed by atoms with van der Waals surface area (Å²) in [4.78, 5) is 0. The topological polar surface area (TPSA) is 42.5 Å². The van der Waals surface area contributed by atoms with Gasteiger partial charge in [-0.1, -0.05) is 12.1 Å². The molecule has 0 radical (unpaired) electrons. The molecule has 25 heavy (non-hydrogen) atoms. The third-order valence-electron chi connectivity index (χ3n) is 3.31. The summed E-state index contributed by atoms with van der Waals surface area (Å²) in [5.41, 5.74) is 0.832. The summed E-state index contributed by atoms with van der Waals surface area (Å²) >= 11 is 7.19. The van der Waals surface area contributed by atoms with E-state index >= 15 is 0 Å². The van der Waals surface area contributed by atoms with Gasteiger partial charge in [-0.15, -0.1) is 0 Å². The number of rotatable bonds is 9. The number of ether oxygens (including phenoxy) is 2. The summed E-state index contributed by atoms with van der Waals surface area (Å²) in [5, 5.41) is 7.02. The molecule has 2 rings (SSSR count). The maximum atomic E-state index is 5.98. The molecule has 2 aromatic rings. The van der Waals surface area contributed by atoms with E-state index in [0.717, 1.165) is 41.7 Å². The van der Waals surface area contributed by atoms with Gasteiger partial charge in [0.05, 0.1) is 12.3 Å². The average Bonchev–Trinajstić information content (AvgIpc) is 2.62. The molecular weight excluding hydrogens is 352 g/mol. The highest BCUT2D eigenvalue weighted by Crippen LogP contribution is 2.30. The van der Waals surface area contributed by atoms with Gasteiger partial charge in [0.1, 0.15) is 11.5 Å². The summed E-state index contributed by atoms with van der Waals surface area (Å²) in [6.45, 7) is 3.47. The van der Waals surface area contributed by atoms with Gasteiger partial charge in [0, 0.05) is 6.54 Å². The second kappa shape index (κ2) is 10.8. The van der Waals surface area contributed by atoms with E-state index in [2.05, 4.69) is 16.9 Å². The van der Waals surface area contributed by atoms with Gasteiger partial charge in [0.2, 0.25) is 0 Å². The normalized spacial score (nSPS) is 10.2. The van der Waals surface area contributed by atoms with Gasteiger partial charge in [-0.25, -0.2) is 0 Å². The zero-order valence-electron chi connectivity index (χ0n) is 14.6. The monoisotopic (exact) mass is 376 g/mol. The van der Waals surface area contributed by atoms with Crippen LogP contribution in [-0.2, 0) is 0 Å². The fourth-order valence-corrected chi connectivity index (χ4v) is 2.79. The van der Waals surface area contributed by atoms with E-state index in [1.165, 1.54) is 0 Å². The predicted octanol–water partition coefficient (Wildman–Crippen LogP) is 4.92. The molecule has 2 aromatic carbocycles. The lowest BCUT2D eigenvalue weighted by Gasteiger charge is -2.14. The van der Waals surface area contributed by atoms with Crippen LogP contribution in [0, 0.1) is 0 Å². The van der Waals surface area contributed by atoms with Crippen molar-refractivity contribution in [2.45, 2.75) is 13.3 Å². The van der Waals surface area contributed by atoms with Crippen molar-refractivity contribution in [1.82, 2.24) is 5.32 Å². The molecule has 0 saturated carbocycles. The van der Waals surface area contributed by atoms with Gasteiger partial charge < -0.3 is 20.1 Å². The van der Waals surface area contributed by atoms with Crippen LogP contribution < -0.4 is 20.1 Å². The highest BCUT2D eigenvalue weighted by molar-refractivity contribution is 7.98. The number of thiocarbonyl (C=S) groups is 1. The van der Waals surface area contributed by atoms with Crippen molar-refractivity contribution >= 4 is 34.8 Å². The predicted molar refractivity (Wildman–Crippen MR) is 111 cm³/mol. The van der Waals surface area contributed by atoms with Gasteiger partial charge in [0.15, 0.2) is 10.9 Å². The van der Waals surface area contributed by atoms with Crippen molar-refractivity contribution in [1.29, 1.82) is 0 Å². The van der Waals surface area contributed by atoms with Gasteiger partial charge in [0.25, 0.3) is 0 Å². The molecule has 0 amide bonds. The first-order valence-corrected chi connectivity index (χ1v) is 10.1. The molecule has 0 heterocycles. The number of para-hydroxylation sites is 2. The zero-order valence-corrected chi connectivity index (χ0v) is 16.2. The van der Waals surface area contributed by atoms with Crippen molar-refractivity contribution in [2.24, 2.45) is 0 Å². The number of nitrogens with one attached hydrogen (secondary N) is 2. The first kappa shape index (κ1) is 19.4. The maximum Gasteiger partial charge on any atom is 0.170 e. The molecule has 0 aliphatic rings. The highest BCUT2D eigenvalue weighted by Gasteiger charge is 2.06. The Balaban J connectivity index is 1.96. The number of benzene rings is 2. The molecule has 2 N–H and O–H groups in total. The Morgan fingerprint density at radius 1 is 1.08 bits per heavy atom. The van der Waals surface area contributed by atoms with E-state index in [0.29, 0.717) is 11.7 Å². The summed E-state index contributed by atoms with van der Waals surface area (Å²) in [6, 6.07) is 15.3. The molecule has 0 saturated heterocycles. The highest BCUT2D eigenvalue weighted by atomic mass is 32.2. The van der Waals surface area contributed by atoms with Crippen LogP contribution in [0.5, 0.6) is 17.2 Å². The van der Waals surface area contributed by atoms with Crippen LogP contribution in [0.3, 0.4) is 0 Å². The molecule has 0 spiro atoms. The second-order valence-electron chi connectivity index (χ2n) is 5.23. The van der Waals surface area contributed by atoms with Crippen LogP contribution in [0.1, 0.15) is 13.3 Å². The first-order valence-electron chi connectivity index (χ1n) is 8.26. The van der Waals surface area contributed by atoms with Crippen molar-refractivity contribution in [3.8, 4) is 17.2 Å². The Labute approximate surface area is 159 Å². The van der Waals surface area contributed by atoms with Crippen LogP contribution in [-0.4, -0.2) is 30.3 Å². The second-order valence-corrected chi connectivity index (χ2v) is 6.62. The number of anilines is 1. The molecular formula is C19H24N2O2S2.